The predicted octanol–water partition coefficient (Wildman–Crippen LogP) is 2.31. The van der Waals surface area contributed by atoms with Crippen LogP contribution in [0.5, 0.6) is 5.75 Å². The third kappa shape index (κ3) is 2.08. The van der Waals surface area contributed by atoms with Crippen LogP contribution in [-0.2, 0) is 11.2 Å². The van der Waals surface area contributed by atoms with E-state index in [-0.39, 0.29) is 11.2 Å². The summed E-state index contributed by atoms with van der Waals surface area (Å²) >= 11 is 0. The van der Waals surface area contributed by atoms with Crippen LogP contribution in [0.1, 0.15) is 31.2 Å². The molecule has 0 unspecified atom stereocenters. The lowest BCUT2D eigenvalue weighted by atomic mass is 9.95. The van der Waals surface area contributed by atoms with E-state index in [0.29, 0.717) is 0 Å². The Balaban J connectivity index is 2.21. The van der Waals surface area contributed by atoms with Gasteiger partial charge in [-0.2, -0.15) is 0 Å². The largest absolute Gasteiger partial charge is 0.497 e. The number of hydrogen-bond donors (Lipinski definition) is 0. The first kappa shape index (κ1) is 11.1. The summed E-state index contributed by atoms with van der Waals surface area (Å²) in [6, 6.07) is 3.83. The van der Waals surface area contributed by atoms with Crippen LogP contribution in [0.2, 0.25) is 0 Å². The van der Waals surface area contributed by atoms with Gasteiger partial charge in [-0.15, -0.1) is 0 Å². The second-order valence-corrected chi connectivity index (χ2v) is 4.65. The molecule has 0 bridgehead atoms. The van der Waals surface area contributed by atoms with Gasteiger partial charge < -0.3 is 4.74 Å². The van der Waals surface area contributed by atoms with Crippen LogP contribution in [0.25, 0.3) is 0 Å². The molecule has 3 heteroatoms. The number of aryl methyl sites for hydroxylation is 1. The molecule has 1 aromatic rings. The summed E-state index contributed by atoms with van der Waals surface area (Å²) in [5.74, 6) is 1.11. The van der Waals surface area contributed by atoms with E-state index in [1.54, 1.807) is 14.0 Å². The Morgan fingerprint density at radius 1 is 1.50 bits per heavy atom. The number of aromatic nitrogens is 1. The molecule has 0 N–H and O–H groups in total. The van der Waals surface area contributed by atoms with Crippen LogP contribution in [0.4, 0.5) is 0 Å². The van der Waals surface area contributed by atoms with E-state index >= 15 is 0 Å². The van der Waals surface area contributed by atoms with Crippen LogP contribution in [0.15, 0.2) is 12.1 Å². The Bertz CT molecular complexity index is 422. The molecule has 86 valence electrons. The van der Waals surface area contributed by atoms with E-state index in [4.69, 9.17) is 4.74 Å². The van der Waals surface area contributed by atoms with Gasteiger partial charge in [-0.3, -0.25) is 9.78 Å². The standard InChI is InChI=1S/C13H17NO2/c1-9-6-12(16-3)7-11(14-9)8-13(4-5-13)10(2)15/h6-7H,4-5,8H2,1-3H3. The summed E-state index contributed by atoms with van der Waals surface area (Å²) < 4.78 is 5.21. The zero-order valence-electron chi connectivity index (χ0n) is 10.0. The van der Waals surface area contributed by atoms with Crippen molar-refractivity contribution in [3.63, 3.8) is 0 Å². The predicted molar refractivity (Wildman–Crippen MR) is 61.6 cm³/mol. The molecule has 0 spiro atoms. The van der Waals surface area contributed by atoms with Crippen molar-refractivity contribution in [3.8, 4) is 5.75 Å². The van der Waals surface area contributed by atoms with Crippen LogP contribution in [0, 0.1) is 12.3 Å². The first-order chi connectivity index (χ1) is 7.55. The molecular formula is C13H17NO2. The third-order valence-electron chi connectivity index (χ3n) is 3.34. The lowest BCUT2D eigenvalue weighted by Gasteiger charge is -2.12. The molecule has 1 fully saturated rings. The topological polar surface area (TPSA) is 39.2 Å². The average Bonchev–Trinajstić information content (AvgIpc) is 2.98. The van der Waals surface area contributed by atoms with Gasteiger partial charge in [0.15, 0.2) is 0 Å². The lowest BCUT2D eigenvalue weighted by molar-refractivity contribution is -0.122. The highest BCUT2D eigenvalue weighted by Crippen LogP contribution is 2.49. The number of carbonyl (C=O) groups excluding carboxylic acids is 1. The highest BCUT2D eigenvalue weighted by Gasteiger charge is 2.47. The van der Waals surface area contributed by atoms with Crippen molar-refractivity contribution in [2.75, 3.05) is 7.11 Å². The normalized spacial score (nSPS) is 16.9. The molecule has 0 aliphatic heterocycles. The van der Waals surface area contributed by atoms with Gasteiger partial charge in [-0.25, -0.2) is 0 Å². The highest BCUT2D eigenvalue weighted by atomic mass is 16.5. The average molecular weight is 219 g/mol. The van der Waals surface area contributed by atoms with Crippen molar-refractivity contribution in [2.45, 2.75) is 33.1 Å². The van der Waals surface area contributed by atoms with Gasteiger partial charge in [0.25, 0.3) is 0 Å². The maximum absolute atomic E-state index is 11.5. The Hall–Kier alpha value is -1.38. The van der Waals surface area contributed by atoms with Crippen LogP contribution in [-0.4, -0.2) is 17.9 Å². The Morgan fingerprint density at radius 3 is 2.69 bits per heavy atom. The third-order valence-corrected chi connectivity index (χ3v) is 3.34. The number of rotatable bonds is 4. The van der Waals surface area contributed by atoms with Crippen molar-refractivity contribution >= 4 is 5.78 Å². The minimum absolute atomic E-state index is 0.119. The number of methoxy groups -OCH3 is 1. The van der Waals surface area contributed by atoms with E-state index in [0.717, 1.165) is 36.4 Å². The van der Waals surface area contributed by atoms with Gasteiger partial charge in [-0.05, 0) is 26.7 Å². The van der Waals surface area contributed by atoms with E-state index in [2.05, 4.69) is 4.98 Å². The smallest absolute Gasteiger partial charge is 0.136 e. The molecule has 1 aromatic heterocycles. The zero-order chi connectivity index (χ0) is 11.8. The maximum Gasteiger partial charge on any atom is 0.136 e. The summed E-state index contributed by atoms with van der Waals surface area (Å²) in [4.78, 5) is 16.0. The first-order valence-corrected chi connectivity index (χ1v) is 5.58. The summed E-state index contributed by atoms with van der Waals surface area (Å²) in [6.07, 6.45) is 2.75. The van der Waals surface area contributed by atoms with E-state index in [1.165, 1.54) is 0 Å². The Morgan fingerprint density at radius 2 is 2.19 bits per heavy atom. The number of hydrogen-bond acceptors (Lipinski definition) is 3. The fourth-order valence-electron chi connectivity index (χ4n) is 2.06. The Kier molecular flexibility index (Phi) is 2.70. The fraction of sp³-hybridized carbons (Fsp3) is 0.538. The van der Waals surface area contributed by atoms with Crippen molar-refractivity contribution in [2.24, 2.45) is 5.41 Å². The van der Waals surface area contributed by atoms with Gasteiger partial charge in [0.1, 0.15) is 11.5 Å². The van der Waals surface area contributed by atoms with Gasteiger partial charge in [0, 0.05) is 35.4 Å². The van der Waals surface area contributed by atoms with Crippen LogP contribution in [0.3, 0.4) is 0 Å². The molecule has 0 radical (unpaired) electrons. The van der Waals surface area contributed by atoms with Gasteiger partial charge in [-0.1, -0.05) is 0 Å². The second kappa shape index (κ2) is 3.89. The van der Waals surface area contributed by atoms with Gasteiger partial charge in [0.2, 0.25) is 0 Å². The molecule has 1 aliphatic carbocycles. The first-order valence-electron chi connectivity index (χ1n) is 5.58. The quantitative estimate of drug-likeness (QED) is 0.780. The molecule has 1 saturated carbocycles. The number of ketones is 1. The second-order valence-electron chi connectivity index (χ2n) is 4.65. The molecule has 1 heterocycles. The van der Waals surface area contributed by atoms with E-state index in [1.807, 2.05) is 19.1 Å². The summed E-state index contributed by atoms with van der Waals surface area (Å²) in [5, 5.41) is 0. The minimum atomic E-state index is -0.119. The molecule has 0 aromatic carbocycles. The van der Waals surface area contributed by atoms with E-state index < -0.39 is 0 Å². The number of Topliss-reactive ketones (excluding diaryl/α,β-unsaturated/α-hetero) is 1. The maximum atomic E-state index is 11.5. The van der Waals surface area contributed by atoms with Crippen molar-refractivity contribution < 1.29 is 9.53 Å². The molecule has 0 atom stereocenters. The number of nitrogens with zero attached hydrogens (tertiary/aromatic N) is 1. The Labute approximate surface area is 95.8 Å². The lowest BCUT2D eigenvalue weighted by Crippen LogP contribution is -2.16. The molecule has 0 amide bonds. The molecule has 16 heavy (non-hydrogen) atoms. The highest BCUT2D eigenvalue weighted by molar-refractivity contribution is 5.85. The summed E-state index contributed by atoms with van der Waals surface area (Å²) in [5.41, 5.74) is 1.78. The van der Waals surface area contributed by atoms with Crippen LogP contribution < -0.4 is 4.74 Å². The molecule has 0 saturated heterocycles. The zero-order valence-corrected chi connectivity index (χ0v) is 10.0. The minimum Gasteiger partial charge on any atom is -0.497 e. The molecule has 1 aliphatic rings. The van der Waals surface area contributed by atoms with Crippen molar-refractivity contribution in [1.82, 2.24) is 4.98 Å². The van der Waals surface area contributed by atoms with E-state index in [9.17, 15) is 4.79 Å². The van der Waals surface area contributed by atoms with Gasteiger partial charge >= 0.3 is 0 Å². The monoisotopic (exact) mass is 219 g/mol. The summed E-state index contributed by atoms with van der Waals surface area (Å²) in [7, 11) is 1.65. The van der Waals surface area contributed by atoms with Crippen molar-refractivity contribution in [1.29, 1.82) is 0 Å². The number of carbonyl (C=O) groups is 1. The number of pyridine rings is 1. The van der Waals surface area contributed by atoms with Crippen molar-refractivity contribution in [3.05, 3.63) is 23.5 Å². The molecule has 2 rings (SSSR count). The molecular weight excluding hydrogens is 202 g/mol. The molecule has 3 nitrogen and oxygen atoms in total. The van der Waals surface area contributed by atoms with Gasteiger partial charge in [0.05, 0.1) is 7.11 Å². The summed E-state index contributed by atoms with van der Waals surface area (Å²) in [6.45, 7) is 3.62. The SMILES string of the molecule is COc1cc(C)nc(CC2(C(C)=O)CC2)c1. The fourth-order valence-corrected chi connectivity index (χ4v) is 2.06. The number of ether oxygens (including phenoxy) is 1. The van der Waals surface area contributed by atoms with Crippen LogP contribution >= 0.6 is 0 Å².